The molecule has 0 amide bonds. The van der Waals surface area contributed by atoms with Crippen molar-refractivity contribution in [3.8, 4) is 0 Å². The van der Waals surface area contributed by atoms with E-state index in [9.17, 15) is 4.79 Å². The third-order valence-corrected chi connectivity index (χ3v) is 3.64. The van der Waals surface area contributed by atoms with Crippen molar-refractivity contribution in [2.45, 2.75) is 4.90 Å². The van der Waals surface area contributed by atoms with E-state index in [0.29, 0.717) is 10.7 Å². The molecule has 0 aliphatic carbocycles. The van der Waals surface area contributed by atoms with Crippen molar-refractivity contribution in [2.75, 3.05) is 7.05 Å². The minimum Gasteiger partial charge on any atom is -0.310 e. The van der Waals surface area contributed by atoms with Crippen LogP contribution in [0.25, 0.3) is 5.03 Å². The number of allylic oxidation sites excluding steroid dienone is 1. The first kappa shape index (κ1) is 10.9. The summed E-state index contributed by atoms with van der Waals surface area (Å²) in [5.41, 5.74) is 1.19. The fourth-order valence-electron chi connectivity index (χ4n) is 1.40. The van der Waals surface area contributed by atoms with Gasteiger partial charge >= 0.3 is 0 Å². The predicted octanol–water partition coefficient (Wildman–Crippen LogP) is 3.31. The summed E-state index contributed by atoms with van der Waals surface area (Å²) in [4.78, 5) is 12.2. The number of hydrogen-bond acceptors (Lipinski definition) is 3. The predicted molar refractivity (Wildman–Crippen MR) is 63.7 cm³/mol. The molecule has 78 valence electrons. The van der Waals surface area contributed by atoms with E-state index in [-0.39, 0.29) is 0 Å². The first-order valence-electron chi connectivity index (χ1n) is 4.22. The van der Waals surface area contributed by atoms with Crippen LogP contribution >= 0.6 is 35.1 Å². The third kappa shape index (κ3) is 1.87. The molecule has 0 bridgehead atoms. The standard InChI is InChI=1S/C10H7Cl2NOS/c1-13-9(10(12)14)8(11)6-4-2-3-5-7(6)15-13/h2-5H,1H3. The lowest BCUT2D eigenvalue weighted by Crippen LogP contribution is -2.18. The lowest BCUT2D eigenvalue weighted by atomic mass is 10.2. The van der Waals surface area contributed by atoms with Gasteiger partial charge in [0.25, 0.3) is 5.24 Å². The number of nitrogens with zero attached hydrogens (tertiary/aromatic N) is 1. The molecule has 0 radical (unpaired) electrons. The molecular formula is C10H7Cl2NOS. The van der Waals surface area contributed by atoms with E-state index in [1.54, 1.807) is 11.4 Å². The summed E-state index contributed by atoms with van der Waals surface area (Å²) < 4.78 is 1.68. The van der Waals surface area contributed by atoms with E-state index in [4.69, 9.17) is 23.2 Å². The second-order valence-electron chi connectivity index (χ2n) is 3.02. The number of carbonyl (C=O) groups is 1. The monoisotopic (exact) mass is 259 g/mol. The first-order chi connectivity index (χ1) is 7.11. The van der Waals surface area contributed by atoms with Gasteiger partial charge in [0, 0.05) is 17.5 Å². The molecule has 0 unspecified atom stereocenters. The number of benzene rings is 1. The quantitative estimate of drug-likeness (QED) is 0.570. The van der Waals surface area contributed by atoms with Crippen LogP contribution in [-0.4, -0.2) is 16.6 Å². The summed E-state index contributed by atoms with van der Waals surface area (Å²) in [6.45, 7) is 0. The summed E-state index contributed by atoms with van der Waals surface area (Å²) in [5.74, 6) is 0. The minimum atomic E-state index is -0.537. The number of hydrogen-bond donors (Lipinski definition) is 0. The van der Waals surface area contributed by atoms with Crippen molar-refractivity contribution < 1.29 is 4.79 Å². The second-order valence-corrected chi connectivity index (χ2v) is 4.91. The van der Waals surface area contributed by atoms with Gasteiger partial charge < -0.3 is 4.31 Å². The molecule has 1 aliphatic heterocycles. The molecule has 0 spiro atoms. The molecule has 2 nitrogen and oxygen atoms in total. The van der Waals surface area contributed by atoms with Gasteiger partial charge in [0.2, 0.25) is 0 Å². The molecule has 1 aliphatic rings. The van der Waals surface area contributed by atoms with Gasteiger partial charge in [-0.2, -0.15) is 0 Å². The summed E-state index contributed by atoms with van der Waals surface area (Å²) in [5, 5.41) is -0.128. The average molecular weight is 260 g/mol. The zero-order valence-corrected chi connectivity index (χ0v) is 10.2. The van der Waals surface area contributed by atoms with Gasteiger partial charge in [-0.25, -0.2) is 0 Å². The van der Waals surface area contributed by atoms with Crippen LogP contribution < -0.4 is 0 Å². The van der Waals surface area contributed by atoms with Crippen molar-refractivity contribution in [3.05, 3.63) is 35.5 Å². The molecule has 15 heavy (non-hydrogen) atoms. The Morgan fingerprint density at radius 3 is 2.73 bits per heavy atom. The lowest BCUT2D eigenvalue weighted by Gasteiger charge is -2.26. The van der Waals surface area contributed by atoms with E-state index >= 15 is 0 Å². The van der Waals surface area contributed by atoms with Crippen LogP contribution in [0.2, 0.25) is 0 Å². The molecule has 1 aromatic carbocycles. The summed E-state index contributed by atoms with van der Waals surface area (Å²) in [6.07, 6.45) is 0. The molecule has 0 fully saturated rings. The van der Waals surface area contributed by atoms with Crippen LogP contribution in [0.1, 0.15) is 5.56 Å². The molecule has 0 aromatic heterocycles. The summed E-state index contributed by atoms with van der Waals surface area (Å²) in [6, 6.07) is 7.63. The van der Waals surface area contributed by atoms with Gasteiger partial charge in [-0.15, -0.1) is 0 Å². The zero-order chi connectivity index (χ0) is 11.0. The van der Waals surface area contributed by atoms with Crippen molar-refractivity contribution in [3.63, 3.8) is 0 Å². The number of likely N-dealkylation sites (N-methyl/N-ethyl adjacent to an activating group) is 1. The fraction of sp³-hybridized carbons (Fsp3) is 0.100. The number of halogens is 2. The van der Waals surface area contributed by atoms with Crippen LogP contribution in [0.3, 0.4) is 0 Å². The molecular weight excluding hydrogens is 253 g/mol. The van der Waals surface area contributed by atoms with Crippen molar-refractivity contribution in [1.29, 1.82) is 0 Å². The highest BCUT2D eigenvalue weighted by atomic mass is 35.5. The molecule has 1 aromatic rings. The molecule has 0 saturated carbocycles. The van der Waals surface area contributed by atoms with E-state index in [2.05, 4.69) is 0 Å². The summed E-state index contributed by atoms with van der Waals surface area (Å²) >= 11 is 13.0. The Morgan fingerprint density at radius 1 is 1.40 bits per heavy atom. The Balaban J connectivity index is 2.62. The van der Waals surface area contributed by atoms with Crippen LogP contribution in [0, 0.1) is 0 Å². The number of rotatable bonds is 1. The first-order valence-corrected chi connectivity index (χ1v) is 5.75. The van der Waals surface area contributed by atoms with Crippen molar-refractivity contribution in [2.24, 2.45) is 0 Å². The van der Waals surface area contributed by atoms with Crippen LogP contribution in [0.15, 0.2) is 34.9 Å². The van der Waals surface area contributed by atoms with Gasteiger partial charge in [0.05, 0.1) is 5.03 Å². The van der Waals surface area contributed by atoms with Crippen molar-refractivity contribution >= 4 is 45.4 Å². The second kappa shape index (κ2) is 4.08. The van der Waals surface area contributed by atoms with E-state index in [1.165, 1.54) is 11.9 Å². The highest BCUT2D eigenvalue weighted by Gasteiger charge is 2.25. The van der Waals surface area contributed by atoms with Gasteiger partial charge in [0.15, 0.2) is 0 Å². The normalized spacial score (nSPS) is 15.3. The molecule has 0 saturated heterocycles. The molecule has 0 N–H and O–H groups in total. The average Bonchev–Trinajstić information content (AvgIpc) is 2.17. The Labute approximate surface area is 102 Å². The lowest BCUT2D eigenvalue weighted by molar-refractivity contribution is -0.109. The van der Waals surface area contributed by atoms with Gasteiger partial charge in [-0.05, 0) is 29.6 Å². The van der Waals surface area contributed by atoms with E-state index < -0.39 is 5.24 Å². The highest BCUT2D eigenvalue weighted by Crippen LogP contribution is 2.41. The van der Waals surface area contributed by atoms with Gasteiger partial charge in [0.1, 0.15) is 5.70 Å². The van der Waals surface area contributed by atoms with Crippen LogP contribution in [-0.2, 0) is 4.79 Å². The minimum absolute atomic E-state index is 0.335. The SMILES string of the molecule is CN1Sc2ccccc2C(Cl)=C1C(=O)Cl. The largest absolute Gasteiger partial charge is 0.310 e. The van der Waals surface area contributed by atoms with Gasteiger partial charge in [-0.1, -0.05) is 29.8 Å². The Bertz CT molecular complexity index is 458. The molecule has 5 heteroatoms. The van der Waals surface area contributed by atoms with Crippen LogP contribution in [0.4, 0.5) is 0 Å². The smallest absolute Gasteiger partial charge is 0.270 e. The zero-order valence-electron chi connectivity index (χ0n) is 7.83. The molecule has 0 atom stereocenters. The highest BCUT2D eigenvalue weighted by molar-refractivity contribution is 7.97. The number of fused-ring (bicyclic) bond motifs is 1. The van der Waals surface area contributed by atoms with Gasteiger partial charge in [-0.3, -0.25) is 4.79 Å². The Morgan fingerprint density at radius 2 is 2.07 bits per heavy atom. The summed E-state index contributed by atoms with van der Waals surface area (Å²) in [7, 11) is 1.76. The molecule has 2 rings (SSSR count). The number of carbonyl (C=O) groups excluding carboxylic acids is 1. The third-order valence-electron chi connectivity index (χ3n) is 2.07. The van der Waals surface area contributed by atoms with E-state index in [0.717, 1.165) is 10.5 Å². The fourth-order valence-corrected chi connectivity index (χ4v) is 3.17. The maximum Gasteiger partial charge on any atom is 0.270 e. The van der Waals surface area contributed by atoms with Crippen LogP contribution in [0.5, 0.6) is 0 Å². The maximum absolute atomic E-state index is 11.2. The van der Waals surface area contributed by atoms with Crippen molar-refractivity contribution in [1.82, 2.24) is 4.31 Å². The Kier molecular flexibility index (Phi) is 2.96. The van der Waals surface area contributed by atoms with E-state index in [1.807, 2.05) is 24.3 Å². The molecule has 1 heterocycles. The maximum atomic E-state index is 11.2. The Hall–Kier alpha value is -0.640. The topological polar surface area (TPSA) is 20.3 Å².